The number of nitrogens with one attached hydrogen (secondary N) is 1. The molecule has 0 aliphatic heterocycles. The van der Waals surface area contributed by atoms with E-state index >= 15 is 0 Å². The van der Waals surface area contributed by atoms with Crippen molar-refractivity contribution in [2.24, 2.45) is 0 Å². The van der Waals surface area contributed by atoms with Gasteiger partial charge >= 0.3 is 18.0 Å². The Balaban J connectivity index is 2.60. The summed E-state index contributed by atoms with van der Waals surface area (Å²) in [5.41, 5.74) is 0. The van der Waals surface area contributed by atoms with E-state index < -0.39 is 31.1 Å². The number of hydrogen-bond acceptors (Lipinski definition) is 4. The van der Waals surface area contributed by atoms with Crippen molar-refractivity contribution in [3.63, 3.8) is 0 Å². The van der Waals surface area contributed by atoms with Crippen molar-refractivity contribution in [2.75, 3.05) is 18.8 Å². The van der Waals surface area contributed by atoms with E-state index in [1.54, 1.807) is 11.8 Å². The maximum atomic E-state index is 12.0. The molecule has 1 aliphatic rings. The number of carboxylic acids is 2. The fourth-order valence-corrected chi connectivity index (χ4v) is 3.48. The van der Waals surface area contributed by atoms with Crippen LogP contribution in [0.15, 0.2) is 0 Å². The predicted molar refractivity (Wildman–Crippen MR) is 74.9 cm³/mol. The SMILES string of the molecule is CCSC1CCCC1NC(=O)N(CC(=O)O)CC(=O)O. The standard InChI is InChI=1S/C12H20N2O5S/c1-2-20-9-5-3-4-8(9)13-12(19)14(6-10(15)16)7-11(17)18/h8-9H,2-7H2,1H3,(H,13,19)(H,15,16)(H,17,18). The Morgan fingerprint density at radius 1 is 1.20 bits per heavy atom. The number of carbonyl (C=O) groups excluding carboxylic acids is 1. The molecule has 0 saturated heterocycles. The monoisotopic (exact) mass is 304 g/mol. The first-order chi connectivity index (χ1) is 9.43. The number of rotatable bonds is 7. The zero-order valence-electron chi connectivity index (χ0n) is 11.4. The van der Waals surface area contributed by atoms with Gasteiger partial charge in [0.1, 0.15) is 13.1 Å². The molecule has 2 unspecified atom stereocenters. The molecule has 0 aromatic heterocycles. The van der Waals surface area contributed by atoms with Crippen LogP contribution in [0.25, 0.3) is 0 Å². The van der Waals surface area contributed by atoms with E-state index in [1.807, 2.05) is 6.92 Å². The third-order valence-electron chi connectivity index (χ3n) is 3.08. The number of thioether (sulfide) groups is 1. The van der Waals surface area contributed by atoms with Gasteiger partial charge in [0.05, 0.1) is 0 Å². The predicted octanol–water partition coefficient (Wildman–Crippen LogP) is 0.841. The zero-order valence-corrected chi connectivity index (χ0v) is 12.2. The number of carbonyl (C=O) groups is 3. The molecule has 8 heteroatoms. The van der Waals surface area contributed by atoms with Gasteiger partial charge in [-0.05, 0) is 18.6 Å². The summed E-state index contributed by atoms with van der Waals surface area (Å²) >= 11 is 1.76. The van der Waals surface area contributed by atoms with E-state index in [1.165, 1.54) is 0 Å². The lowest BCUT2D eigenvalue weighted by Gasteiger charge is -2.25. The maximum Gasteiger partial charge on any atom is 0.323 e. The first-order valence-electron chi connectivity index (χ1n) is 6.54. The van der Waals surface area contributed by atoms with Crippen molar-refractivity contribution in [1.29, 1.82) is 0 Å². The summed E-state index contributed by atoms with van der Waals surface area (Å²) in [6, 6.07) is -0.638. The highest BCUT2D eigenvalue weighted by Crippen LogP contribution is 2.29. The summed E-state index contributed by atoms with van der Waals surface area (Å²) in [6.07, 6.45) is 2.87. The summed E-state index contributed by atoms with van der Waals surface area (Å²) in [5.74, 6) is -1.51. The van der Waals surface area contributed by atoms with Crippen molar-refractivity contribution in [2.45, 2.75) is 37.5 Å². The van der Waals surface area contributed by atoms with Gasteiger partial charge < -0.3 is 20.4 Å². The van der Waals surface area contributed by atoms with E-state index in [0.717, 1.165) is 29.9 Å². The lowest BCUT2D eigenvalue weighted by Crippen LogP contribution is -2.50. The first-order valence-corrected chi connectivity index (χ1v) is 7.59. The van der Waals surface area contributed by atoms with Crippen LogP contribution in [0, 0.1) is 0 Å². The van der Waals surface area contributed by atoms with Crippen LogP contribution in [0.4, 0.5) is 4.79 Å². The van der Waals surface area contributed by atoms with Crippen molar-refractivity contribution in [1.82, 2.24) is 10.2 Å². The first kappa shape index (κ1) is 16.6. The van der Waals surface area contributed by atoms with Crippen molar-refractivity contribution in [3.8, 4) is 0 Å². The highest BCUT2D eigenvalue weighted by molar-refractivity contribution is 7.99. The van der Waals surface area contributed by atoms with Gasteiger partial charge in [0.15, 0.2) is 0 Å². The van der Waals surface area contributed by atoms with Crippen molar-refractivity contribution >= 4 is 29.7 Å². The molecule has 0 aromatic carbocycles. The molecular formula is C12H20N2O5S. The Morgan fingerprint density at radius 2 is 1.80 bits per heavy atom. The minimum atomic E-state index is -1.23. The van der Waals surface area contributed by atoms with E-state index in [-0.39, 0.29) is 6.04 Å². The van der Waals surface area contributed by atoms with Gasteiger partial charge in [0.2, 0.25) is 0 Å². The molecule has 0 aromatic rings. The minimum Gasteiger partial charge on any atom is -0.480 e. The van der Waals surface area contributed by atoms with Crippen LogP contribution >= 0.6 is 11.8 Å². The van der Waals surface area contributed by atoms with Gasteiger partial charge in [-0.25, -0.2) is 4.79 Å². The van der Waals surface area contributed by atoms with Crippen LogP contribution < -0.4 is 5.32 Å². The Hall–Kier alpha value is -1.44. The Bertz CT molecular complexity index is 361. The van der Waals surface area contributed by atoms with Gasteiger partial charge in [0.25, 0.3) is 0 Å². The molecule has 0 spiro atoms. The van der Waals surface area contributed by atoms with Crippen LogP contribution in [0.5, 0.6) is 0 Å². The smallest absolute Gasteiger partial charge is 0.323 e. The maximum absolute atomic E-state index is 12.0. The third-order valence-corrected chi connectivity index (χ3v) is 4.41. The van der Waals surface area contributed by atoms with Gasteiger partial charge in [-0.3, -0.25) is 9.59 Å². The van der Waals surface area contributed by atoms with Crippen LogP contribution in [0.3, 0.4) is 0 Å². The molecule has 7 nitrogen and oxygen atoms in total. The highest BCUT2D eigenvalue weighted by atomic mass is 32.2. The van der Waals surface area contributed by atoms with Gasteiger partial charge in [-0.15, -0.1) is 0 Å². The van der Waals surface area contributed by atoms with Gasteiger partial charge in [-0.2, -0.15) is 11.8 Å². The summed E-state index contributed by atoms with van der Waals surface area (Å²) in [4.78, 5) is 34.2. The summed E-state index contributed by atoms with van der Waals surface area (Å²) < 4.78 is 0. The summed E-state index contributed by atoms with van der Waals surface area (Å²) in [7, 11) is 0. The summed E-state index contributed by atoms with van der Waals surface area (Å²) in [5, 5.41) is 20.5. The van der Waals surface area contributed by atoms with Crippen LogP contribution in [0.2, 0.25) is 0 Å². The molecule has 2 amide bonds. The van der Waals surface area contributed by atoms with Gasteiger partial charge in [-0.1, -0.05) is 13.3 Å². The summed E-state index contributed by atoms with van der Waals surface area (Å²) in [6.45, 7) is 0.815. The molecule has 1 rings (SSSR count). The second-order valence-corrected chi connectivity index (χ2v) is 6.14. The molecule has 0 radical (unpaired) electrons. The Morgan fingerprint density at radius 3 is 2.30 bits per heavy atom. The van der Waals surface area contributed by atoms with Crippen LogP contribution in [0.1, 0.15) is 26.2 Å². The number of carboxylic acid groups (broad SMARTS) is 2. The topological polar surface area (TPSA) is 107 Å². The minimum absolute atomic E-state index is 0.0162. The van der Waals surface area contributed by atoms with Gasteiger partial charge in [0, 0.05) is 11.3 Å². The van der Waals surface area contributed by atoms with Crippen LogP contribution in [-0.2, 0) is 9.59 Å². The molecule has 114 valence electrons. The number of hydrogen-bond donors (Lipinski definition) is 3. The number of aliphatic carboxylic acids is 2. The fourth-order valence-electron chi connectivity index (χ4n) is 2.28. The molecule has 1 saturated carbocycles. The largest absolute Gasteiger partial charge is 0.480 e. The Labute approximate surface area is 121 Å². The third kappa shape index (κ3) is 5.28. The average molecular weight is 304 g/mol. The molecule has 1 aliphatic carbocycles. The molecule has 1 fully saturated rings. The van der Waals surface area contributed by atoms with E-state index in [4.69, 9.17) is 10.2 Å². The molecule has 0 bridgehead atoms. The second kappa shape index (κ2) is 7.98. The average Bonchev–Trinajstić information content (AvgIpc) is 2.75. The normalized spacial score (nSPS) is 21.4. The highest BCUT2D eigenvalue weighted by Gasteiger charge is 2.30. The number of amides is 2. The quantitative estimate of drug-likeness (QED) is 0.643. The number of nitrogens with zero attached hydrogens (tertiary/aromatic N) is 1. The fraction of sp³-hybridized carbons (Fsp3) is 0.750. The zero-order chi connectivity index (χ0) is 15.1. The Kier molecular flexibility index (Phi) is 6.63. The van der Waals surface area contributed by atoms with E-state index in [0.29, 0.717) is 5.25 Å². The second-order valence-electron chi connectivity index (χ2n) is 4.62. The van der Waals surface area contributed by atoms with Crippen LogP contribution in [-0.4, -0.2) is 63.2 Å². The molecule has 2 atom stereocenters. The lowest BCUT2D eigenvalue weighted by molar-refractivity contribution is -0.140. The molecule has 3 N–H and O–H groups in total. The van der Waals surface area contributed by atoms with E-state index in [9.17, 15) is 14.4 Å². The molecule has 0 heterocycles. The van der Waals surface area contributed by atoms with Crippen molar-refractivity contribution in [3.05, 3.63) is 0 Å². The molecule has 20 heavy (non-hydrogen) atoms. The lowest BCUT2D eigenvalue weighted by atomic mass is 10.2. The molecular weight excluding hydrogens is 284 g/mol. The van der Waals surface area contributed by atoms with Crippen molar-refractivity contribution < 1.29 is 24.6 Å². The number of urea groups is 1. The van der Waals surface area contributed by atoms with E-state index in [2.05, 4.69) is 5.32 Å².